The minimum absolute atomic E-state index is 0.0995. The van der Waals surface area contributed by atoms with Crippen molar-refractivity contribution < 1.29 is 23.1 Å². The second-order valence-corrected chi connectivity index (χ2v) is 5.42. The summed E-state index contributed by atoms with van der Waals surface area (Å²) in [6, 6.07) is 4.82. The highest BCUT2D eigenvalue weighted by Gasteiger charge is 2.35. The highest BCUT2D eigenvalue weighted by Crippen LogP contribution is 2.35. The van der Waals surface area contributed by atoms with Crippen LogP contribution in [0.5, 0.6) is 0 Å². The Morgan fingerprint density at radius 1 is 1.35 bits per heavy atom. The molecule has 1 unspecified atom stereocenters. The van der Waals surface area contributed by atoms with E-state index in [4.69, 9.17) is 0 Å². The van der Waals surface area contributed by atoms with Gasteiger partial charge in [-0.1, -0.05) is 0 Å². The molecule has 1 aliphatic heterocycles. The van der Waals surface area contributed by atoms with Crippen LogP contribution in [0.4, 0.5) is 18.9 Å². The first kappa shape index (κ1) is 15.5. The predicted octanol–water partition coefficient (Wildman–Crippen LogP) is 2.62. The van der Waals surface area contributed by atoms with Crippen LogP contribution in [0.2, 0.25) is 0 Å². The van der Waals surface area contributed by atoms with Crippen molar-refractivity contribution in [3.05, 3.63) is 47.3 Å². The van der Waals surface area contributed by atoms with Crippen LogP contribution in [0.3, 0.4) is 0 Å². The van der Waals surface area contributed by atoms with Crippen LogP contribution in [0.1, 0.15) is 34.6 Å². The predicted molar refractivity (Wildman–Crippen MR) is 76.0 cm³/mol. The lowest BCUT2D eigenvalue weighted by Crippen LogP contribution is -2.42. The van der Waals surface area contributed by atoms with E-state index < -0.39 is 18.3 Å². The summed E-state index contributed by atoms with van der Waals surface area (Å²) < 4.78 is 40.3. The van der Waals surface area contributed by atoms with Gasteiger partial charge in [-0.3, -0.25) is 9.48 Å². The lowest BCUT2D eigenvalue weighted by atomic mass is 10.0. The molecule has 2 aromatic rings. The van der Waals surface area contributed by atoms with E-state index in [1.165, 1.54) is 23.2 Å². The molecule has 2 heterocycles. The van der Waals surface area contributed by atoms with E-state index in [2.05, 4.69) is 5.10 Å². The van der Waals surface area contributed by atoms with Gasteiger partial charge in [0.05, 0.1) is 18.2 Å². The first-order valence-electron chi connectivity index (χ1n) is 6.99. The maximum atomic E-state index is 12.9. The van der Waals surface area contributed by atoms with Crippen molar-refractivity contribution in [1.29, 1.82) is 0 Å². The van der Waals surface area contributed by atoms with Gasteiger partial charge in [0.25, 0.3) is 5.91 Å². The van der Waals surface area contributed by atoms with E-state index in [-0.39, 0.29) is 17.5 Å². The largest absolute Gasteiger partial charge is 0.416 e. The number of aromatic nitrogens is 2. The Morgan fingerprint density at radius 3 is 2.74 bits per heavy atom. The Labute approximate surface area is 129 Å². The summed E-state index contributed by atoms with van der Waals surface area (Å²) in [4.78, 5) is 13.9. The topological polar surface area (TPSA) is 58.4 Å². The average Bonchev–Trinajstić information content (AvgIpc) is 2.99. The molecule has 0 radical (unpaired) electrons. The van der Waals surface area contributed by atoms with Crippen LogP contribution < -0.4 is 4.90 Å². The summed E-state index contributed by atoms with van der Waals surface area (Å²) in [6.07, 6.45) is -3.03. The molecule has 1 aromatic carbocycles. The molecule has 8 heteroatoms. The summed E-state index contributed by atoms with van der Waals surface area (Å²) in [5, 5.41) is 13.3. The third-order valence-corrected chi connectivity index (χ3v) is 3.88. The van der Waals surface area contributed by atoms with E-state index in [0.717, 1.165) is 6.07 Å². The fraction of sp³-hybridized carbons (Fsp3) is 0.333. The van der Waals surface area contributed by atoms with Crippen molar-refractivity contribution in [3.8, 4) is 0 Å². The molecule has 23 heavy (non-hydrogen) atoms. The number of hydrogen-bond acceptors (Lipinski definition) is 3. The number of carbonyl (C=O) groups is 1. The van der Waals surface area contributed by atoms with Crippen LogP contribution in [-0.2, 0) is 12.8 Å². The molecule has 1 atom stereocenters. The molecule has 0 bridgehead atoms. The van der Waals surface area contributed by atoms with Crippen LogP contribution in [0.15, 0.2) is 30.5 Å². The number of alkyl halides is 3. The van der Waals surface area contributed by atoms with Crippen LogP contribution >= 0.6 is 0 Å². The second kappa shape index (κ2) is 5.38. The number of benzene rings is 1. The number of nitrogens with zero attached hydrogens (tertiary/aromatic N) is 3. The third-order valence-electron chi connectivity index (χ3n) is 3.88. The molecule has 0 spiro atoms. The Morgan fingerprint density at radius 2 is 2.09 bits per heavy atom. The summed E-state index contributed by atoms with van der Waals surface area (Å²) in [5.41, 5.74) is -0.443. The van der Waals surface area contributed by atoms with Gasteiger partial charge in [0.15, 0.2) is 0 Å². The molecular weight excluding hydrogens is 311 g/mol. The van der Waals surface area contributed by atoms with Gasteiger partial charge >= 0.3 is 6.18 Å². The number of hydrogen-bond donors (Lipinski definition) is 1. The number of carbonyl (C=O) groups excluding carboxylic acids is 1. The van der Waals surface area contributed by atoms with Gasteiger partial charge in [0.1, 0.15) is 5.69 Å². The zero-order valence-corrected chi connectivity index (χ0v) is 12.2. The van der Waals surface area contributed by atoms with Gasteiger partial charge in [-0.15, -0.1) is 0 Å². The standard InChI is InChI=1S/C15H14F3N3O2/c1-9-7-20(14(23)13-4-5-19-21(9)13)11-2-3-12(15(16,17)18)10(6-11)8-22/h2-6,9,22H,7-8H2,1H3. The second-order valence-electron chi connectivity index (χ2n) is 5.42. The molecule has 3 rings (SSSR count). The van der Waals surface area contributed by atoms with E-state index in [9.17, 15) is 23.1 Å². The zero-order chi connectivity index (χ0) is 16.8. The molecule has 0 fully saturated rings. The lowest BCUT2D eigenvalue weighted by Gasteiger charge is -2.32. The Kier molecular flexibility index (Phi) is 3.63. The van der Waals surface area contributed by atoms with Gasteiger partial charge in [-0.05, 0) is 36.8 Å². The minimum Gasteiger partial charge on any atom is -0.392 e. The number of aliphatic hydroxyl groups excluding tert-OH is 1. The SMILES string of the molecule is CC1CN(c2ccc(C(F)(F)F)c(CO)c2)C(=O)c2ccnn21. The summed E-state index contributed by atoms with van der Waals surface area (Å²) in [5.74, 6) is -0.329. The molecule has 1 N–H and O–H groups in total. The highest BCUT2D eigenvalue weighted by atomic mass is 19.4. The Hall–Kier alpha value is -2.35. The van der Waals surface area contributed by atoms with Crippen molar-refractivity contribution >= 4 is 11.6 Å². The minimum atomic E-state index is -4.55. The third kappa shape index (κ3) is 2.59. The van der Waals surface area contributed by atoms with E-state index in [1.54, 1.807) is 10.7 Å². The van der Waals surface area contributed by atoms with Crippen LogP contribution in [0.25, 0.3) is 0 Å². The monoisotopic (exact) mass is 325 g/mol. The van der Waals surface area contributed by atoms with E-state index >= 15 is 0 Å². The lowest BCUT2D eigenvalue weighted by molar-refractivity contribution is -0.138. The van der Waals surface area contributed by atoms with Gasteiger partial charge in [-0.25, -0.2) is 0 Å². The van der Waals surface area contributed by atoms with Crippen molar-refractivity contribution in [2.24, 2.45) is 0 Å². The number of aliphatic hydroxyl groups is 1. The van der Waals surface area contributed by atoms with Gasteiger partial charge < -0.3 is 10.0 Å². The molecule has 1 aromatic heterocycles. The maximum absolute atomic E-state index is 12.9. The van der Waals surface area contributed by atoms with Crippen LogP contribution in [0, 0.1) is 0 Å². The van der Waals surface area contributed by atoms with Crippen molar-refractivity contribution in [1.82, 2.24) is 9.78 Å². The zero-order valence-electron chi connectivity index (χ0n) is 12.2. The summed E-state index contributed by atoms with van der Waals surface area (Å²) >= 11 is 0. The average molecular weight is 325 g/mol. The molecular formula is C15H14F3N3O2. The molecule has 1 amide bonds. The first-order valence-corrected chi connectivity index (χ1v) is 6.99. The number of amides is 1. The summed E-state index contributed by atoms with van der Waals surface area (Å²) in [7, 11) is 0. The maximum Gasteiger partial charge on any atom is 0.416 e. The molecule has 0 aliphatic carbocycles. The molecule has 0 saturated heterocycles. The van der Waals surface area contributed by atoms with Crippen molar-refractivity contribution in [2.75, 3.05) is 11.4 Å². The molecule has 1 aliphatic rings. The van der Waals surface area contributed by atoms with E-state index in [1.807, 2.05) is 6.92 Å². The van der Waals surface area contributed by atoms with E-state index in [0.29, 0.717) is 17.9 Å². The number of anilines is 1. The Balaban J connectivity index is 2.02. The molecule has 122 valence electrons. The fourth-order valence-electron chi connectivity index (χ4n) is 2.78. The quantitative estimate of drug-likeness (QED) is 0.923. The number of rotatable bonds is 2. The fourth-order valence-corrected chi connectivity index (χ4v) is 2.78. The van der Waals surface area contributed by atoms with Crippen molar-refractivity contribution in [2.45, 2.75) is 25.7 Å². The highest BCUT2D eigenvalue weighted by molar-refractivity contribution is 6.05. The number of halogens is 3. The molecule has 5 nitrogen and oxygen atoms in total. The van der Waals surface area contributed by atoms with Gasteiger partial charge in [0.2, 0.25) is 0 Å². The van der Waals surface area contributed by atoms with Gasteiger partial charge in [0, 0.05) is 18.4 Å². The first-order chi connectivity index (χ1) is 10.8. The van der Waals surface area contributed by atoms with Crippen LogP contribution in [-0.4, -0.2) is 27.3 Å². The van der Waals surface area contributed by atoms with Gasteiger partial charge in [-0.2, -0.15) is 18.3 Å². The summed E-state index contributed by atoms with van der Waals surface area (Å²) in [6.45, 7) is 1.41. The Bertz CT molecular complexity index is 755. The molecule has 0 saturated carbocycles. The smallest absolute Gasteiger partial charge is 0.392 e. The normalized spacial score (nSPS) is 18.2. The van der Waals surface area contributed by atoms with Crippen molar-refractivity contribution in [3.63, 3.8) is 0 Å². The number of fused-ring (bicyclic) bond motifs is 1.